The predicted molar refractivity (Wildman–Crippen MR) is 84.9 cm³/mol. The average Bonchev–Trinajstić information content (AvgIpc) is 2.37. The van der Waals surface area contributed by atoms with E-state index in [0.717, 1.165) is 19.3 Å². The van der Waals surface area contributed by atoms with Crippen LogP contribution in [0.1, 0.15) is 22.8 Å². The first-order valence-electron chi connectivity index (χ1n) is 6.63. The van der Waals surface area contributed by atoms with Crippen molar-refractivity contribution in [3.05, 3.63) is 29.3 Å². The normalized spacial score (nSPS) is 19.0. The molecule has 1 saturated heterocycles. The first-order chi connectivity index (χ1) is 9.30. The minimum atomic E-state index is -3.32. The number of rotatable bonds is 2. The predicted octanol–water partition coefficient (Wildman–Crippen LogP) is 1.25. The van der Waals surface area contributed by atoms with Gasteiger partial charge in [0.05, 0.1) is 4.90 Å². The Morgan fingerprint density at radius 3 is 2.62 bits per heavy atom. The van der Waals surface area contributed by atoms with E-state index in [1.165, 1.54) is 6.07 Å². The number of nitrogens with one attached hydrogen (secondary N) is 1. The van der Waals surface area contributed by atoms with Gasteiger partial charge in [0.1, 0.15) is 0 Å². The van der Waals surface area contributed by atoms with Gasteiger partial charge in [0.25, 0.3) is 5.91 Å². The van der Waals surface area contributed by atoms with Crippen LogP contribution in [0.3, 0.4) is 0 Å². The number of carbonyl (C=O) groups excluding carboxylic acids is 1. The van der Waals surface area contributed by atoms with Crippen molar-refractivity contribution in [3.8, 4) is 0 Å². The van der Waals surface area contributed by atoms with Gasteiger partial charge < -0.3 is 10.2 Å². The number of amides is 1. The number of nitrogens with zero attached hydrogens (tertiary/aromatic N) is 1. The fourth-order valence-corrected chi connectivity index (χ4v) is 3.44. The molecule has 118 valence electrons. The molecule has 0 aliphatic carbocycles. The summed E-state index contributed by atoms with van der Waals surface area (Å²) in [6, 6.07) is 4.98. The fourth-order valence-electron chi connectivity index (χ4n) is 2.44. The number of hydrogen-bond acceptors (Lipinski definition) is 4. The van der Waals surface area contributed by atoms with Crippen molar-refractivity contribution in [1.82, 2.24) is 10.2 Å². The molecule has 1 aliphatic heterocycles. The maximum atomic E-state index is 12.5. The van der Waals surface area contributed by atoms with E-state index in [2.05, 4.69) is 5.32 Å². The molecule has 1 aliphatic rings. The highest BCUT2D eigenvalue weighted by atomic mass is 35.5. The third-order valence-electron chi connectivity index (χ3n) is 3.60. The quantitative estimate of drug-likeness (QED) is 0.885. The number of aryl methyl sites for hydroxylation is 1. The van der Waals surface area contributed by atoms with E-state index in [1.54, 1.807) is 24.0 Å². The van der Waals surface area contributed by atoms with Gasteiger partial charge in [-0.15, -0.1) is 12.4 Å². The second-order valence-electron chi connectivity index (χ2n) is 5.30. The summed E-state index contributed by atoms with van der Waals surface area (Å²) < 4.78 is 23.5. The summed E-state index contributed by atoms with van der Waals surface area (Å²) in [5.41, 5.74) is 1.10. The summed E-state index contributed by atoms with van der Waals surface area (Å²) in [6.45, 7) is 5.88. The molecular weight excluding hydrogens is 312 g/mol. The Morgan fingerprint density at radius 2 is 2.05 bits per heavy atom. The molecule has 1 N–H and O–H groups in total. The Labute approximate surface area is 132 Å². The fraction of sp³-hybridized carbons (Fsp3) is 0.500. The van der Waals surface area contributed by atoms with Gasteiger partial charge in [-0.05, 0) is 31.5 Å². The van der Waals surface area contributed by atoms with Crippen LogP contribution in [-0.2, 0) is 9.84 Å². The zero-order valence-corrected chi connectivity index (χ0v) is 14.1. The molecule has 1 amide bonds. The van der Waals surface area contributed by atoms with Crippen LogP contribution in [0.15, 0.2) is 23.1 Å². The SMILES string of the molecule is Cc1ccc(C(=O)N2CCNCC2C)cc1S(C)(=O)=O.Cl. The van der Waals surface area contributed by atoms with E-state index in [9.17, 15) is 13.2 Å². The minimum Gasteiger partial charge on any atom is -0.333 e. The van der Waals surface area contributed by atoms with Crippen molar-refractivity contribution in [1.29, 1.82) is 0 Å². The summed E-state index contributed by atoms with van der Waals surface area (Å²) >= 11 is 0. The van der Waals surface area contributed by atoms with Gasteiger partial charge in [-0.1, -0.05) is 6.07 Å². The standard InChI is InChI=1S/C14H20N2O3S.ClH/c1-10-4-5-12(8-13(10)20(3,18)19)14(17)16-7-6-15-9-11(16)2;/h4-5,8,11,15H,6-7,9H2,1-3H3;1H. The third-order valence-corrected chi connectivity index (χ3v) is 4.84. The van der Waals surface area contributed by atoms with Gasteiger partial charge in [0.2, 0.25) is 0 Å². The molecule has 0 saturated carbocycles. The van der Waals surface area contributed by atoms with Crippen LogP contribution in [0.5, 0.6) is 0 Å². The van der Waals surface area contributed by atoms with E-state index < -0.39 is 9.84 Å². The van der Waals surface area contributed by atoms with E-state index in [0.29, 0.717) is 17.7 Å². The first-order valence-corrected chi connectivity index (χ1v) is 8.52. The second kappa shape index (κ2) is 6.77. The number of halogens is 1. The average molecular weight is 333 g/mol. The monoisotopic (exact) mass is 332 g/mol. The highest BCUT2D eigenvalue weighted by Crippen LogP contribution is 2.19. The van der Waals surface area contributed by atoms with Crippen LogP contribution in [0.25, 0.3) is 0 Å². The van der Waals surface area contributed by atoms with Gasteiger partial charge in [-0.3, -0.25) is 4.79 Å². The van der Waals surface area contributed by atoms with Crippen LogP contribution in [0, 0.1) is 6.92 Å². The van der Waals surface area contributed by atoms with Crippen molar-refractivity contribution in [2.75, 3.05) is 25.9 Å². The zero-order valence-electron chi connectivity index (χ0n) is 12.4. The Kier molecular flexibility index (Phi) is 5.78. The molecule has 0 radical (unpaired) electrons. The van der Waals surface area contributed by atoms with Gasteiger partial charge in [-0.25, -0.2) is 8.42 Å². The molecule has 1 unspecified atom stereocenters. The van der Waals surface area contributed by atoms with Crippen molar-refractivity contribution in [3.63, 3.8) is 0 Å². The van der Waals surface area contributed by atoms with Crippen LogP contribution in [-0.4, -0.2) is 51.2 Å². The van der Waals surface area contributed by atoms with Gasteiger partial charge in [0.15, 0.2) is 9.84 Å². The smallest absolute Gasteiger partial charge is 0.254 e. The summed E-state index contributed by atoms with van der Waals surface area (Å²) in [5.74, 6) is -0.107. The lowest BCUT2D eigenvalue weighted by atomic mass is 10.1. The number of hydrogen-bond donors (Lipinski definition) is 1. The Morgan fingerprint density at radius 1 is 1.38 bits per heavy atom. The van der Waals surface area contributed by atoms with Gasteiger partial charge in [0, 0.05) is 37.5 Å². The highest BCUT2D eigenvalue weighted by Gasteiger charge is 2.25. The Balaban J connectivity index is 0.00000220. The molecule has 1 aromatic carbocycles. The van der Waals surface area contributed by atoms with Gasteiger partial charge in [-0.2, -0.15) is 0 Å². The molecular formula is C14H21ClN2O3S. The van der Waals surface area contributed by atoms with Crippen molar-refractivity contribution in [2.45, 2.75) is 24.8 Å². The van der Waals surface area contributed by atoms with Crippen LogP contribution < -0.4 is 5.32 Å². The molecule has 0 spiro atoms. The first kappa shape index (κ1) is 17.9. The molecule has 5 nitrogen and oxygen atoms in total. The number of benzene rings is 1. The summed E-state index contributed by atoms with van der Waals surface area (Å²) in [7, 11) is -3.32. The molecule has 1 fully saturated rings. The molecule has 2 rings (SSSR count). The van der Waals surface area contributed by atoms with Crippen molar-refractivity contribution in [2.24, 2.45) is 0 Å². The Bertz CT molecular complexity index is 631. The summed E-state index contributed by atoms with van der Waals surface area (Å²) in [5, 5.41) is 3.23. The maximum Gasteiger partial charge on any atom is 0.254 e. The topological polar surface area (TPSA) is 66.5 Å². The largest absolute Gasteiger partial charge is 0.333 e. The number of piperazine rings is 1. The lowest BCUT2D eigenvalue weighted by Crippen LogP contribution is -2.52. The van der Waals surface area contributed by atoms with E-state index >= 15 is 0 Å². The summed E-state index contributed by atoms with van der Waals surface area (Å²) in [4.78, 5) is 14.5. The summed E-state index contributed by atoms with van der Waals surface area (Å²) in [6.07, 6.45) is 1.16. The molecule has 0 aromatic heterocycles. The molecule has 1 heterocycles. The van der Waals surface area contributed by atoms with Crippen LogP contribution >= 0.6 is 12.4 Å². The molecule has 1 aromatic rings. The lowest BCUT2D eigenvalue weighted by molar-refractivity contribution is 0.0655. The number of sulfone groups is 1. The zero-order chi connectivity index (χ0) is 14.9. The lowest BCUT2D eigenvalue weighted by Gasteiger charge is -2.34. The third kappa shape index (κ3) is 3.96. The Hall–Kier alpha value is -1.11. The molecule has 0 bridgehead atoms. The van der Waals surface area contributed by atoms with Crippen LogP contribution in [0.2, 0.25) is 0 Å². The highest BCUT2D eigenvalue weighted by molar-refractivity contribution is 7.90. The van der Waals surface area contributed by atoms with E-state index in [-0.39, 0.29) is 29.3 Å². The number of carbonyl (C=O) groups is 1. The second-order valence-corrected chi connectivity index (χ2v) is 7.29. The van der Waals surface area contributed by atoms with Crippen molar-refractivity contribution < 1.29 is 13.2 Å². The van der Waals surface area contributed by atoms with Crippen molar-refractivity contribution >= 4 is 28.2 Å². The molecule has 21 heavy (non-hydrogen) atoms. The van der Waals surface area contributed by atoms with Crippen LogP contribution in [0.4, 0.5) is 0 Å². The molecule has 7 heteroatoms. The maximum absolute atomic E-state index is 12.5. The van der Waals surface area contributed by atoms with E-state index in [4.69, 9.17) is 0 Å². The molecule has 1 atom stereocenters. The van der Waals surface area contributed by atoms with Gasteiger partial charge >= 0.3 is 0 Å². The minimum absolute atomic E-state index is 0. The van der Waals surface area contributed by atoms with E-state index in [1.807, 2.05) is 6.92 Å².